The molecule has 2 rings (SSSR count). The van der Waals surface area contributed by atoms with E-state index >= 15 is 0 Å². The first-order chi connectivity index (χ1) is 6.18. The molecule has 0 atom stereocenters. The highest BCUT2D eigenvalue weighted by Gasteiger charge is 2.05. The summed E-state index contributed by atoms with van der Waals surface area (Å²) in [6.07, 6.45) is 1.45. The molecule has 0 spiro atoms. The number of phenols is 1. The summed E-state index contributed by atoms with van der Waals surface area (Å²) in [6.45, 7) is 1.88. The van der Waals surface area contributed by atoms with Crippen molar-refractivity contribution in [3.8, 4) is 5.75 Å². The van der Waals surface area contributed by atoms with Gasteiger partial charge in [0.25, 0.3) is 0 Å². The second kappa shape index (κ2) is 2.96. The van der Waals surface area contributed by atoms with Crippen molar-refractivity contribution in [3.05, 3.63) is 28.6 Å². The summed E-state index contributed by atoms with van der Waals surface area (Å²) in [6, 6.07) is 3.51. The van der Waals surface area contributed by atoms with Crippen LogP contribution in [0.3, 0.4) is 0 Å². The number of fused-ring (bicyclic) bond motifs is 1. The molecule has 1 aromatic carbocycles. The number of halogens is 1. The van der Waals surface area contributed by atoms with E-state index < -0.39 is 0 Å². The molecule has 1 N–H and O–H groups in total. The quantitative estimate of drug-likeness (QED) is 0.767. The van der Waals surface area contributed by atoms with E-state index in [9.17, 15) is 5.11 Å². The lowest BCUT2D eigenvalue weighted by Gasteiger charge is -2.02. The molecule has 66 valence electrons. The highest BCUT2D eigenvalue weighted by Crippen LogP contribution is 2.28. The molecule has 0 saturated carbocycles. The molecule has 0 radical (unpaired) electrons. The molecule has 1 heterocycles. The van der Waals surface area contributed by atoms with Gasteiger partial charge in [0.2, 0.25) is 0 Å². The zero-order valence-electron chi connectivity index (χ0n) is 6.95. The van der Waals surface area contributed by atoms with Gasteiger partial charge in [0.15, 0.2) is 0 Å². The fourth-order valence-corrected chi connectivity index (χ4v) is 1.68. The monoisotopic (exact) mass is 238 g/mol. The number of aromatic hydroxyl groups is 1. The number of hydrogen-bond donors (Lipinski definition) is 1. The SMILES string of the molecule is Cc1ncnc2c(O)cc(Br)cc12. The van der Waals surface area contributed by atoms with E-state index in [4.69, 9.17) is 0 Å². The van der Waals surface area contributed by atoms with Gasteiger partial charge in [0.1, 0.15) is 17.6 Å². The number of benzene rings is 1. The lowest BCUT2D eigenvalue weighted by Crippen LogP contribution is -1.87. The fourth-order valence-electron chi connectivity index (χ4n) is 1.24. The van der Waals surface area contributed by atoms with Gasteiger partial charge in [0.05, 0.1) is 0 Å². The summed E-state index contributed by atoms with van der Waals surface area (Å²) >= 11 is 3.30. The molecule has 0 amide bonds. The number of aromatic nitrogens is 2. The predicted molar refractivity (Wildman–Crippen MR) is 53.6 cm³/mol. The molecule has 2 aromatic rings. The molecule has 4 heteroatoms. The van der Waals surface area contributed by atoms with Crippen LogP contribution in [0.5, 0.6) is 5.75 Å². The molecule has 0 aliphatic carbocycles. The fraction of sp³-hybridized carbons (Fsp3) is 0.111. The van der Waals surface area contributed by atoms with Crippen LogP contribution in [0.15, 0.2) is 22.9 Å². The van der Waals surface area contributed by atoms with Gasteiger partial charge in [-0.3, -0.25) is 0 Å². The van der Waals surface area contributed by atoms with Crippen LogP contribution < -0.4 is 0 Å². The summed E-state index contributed by atoms with van der Waals surface area (Å²) in [7, 11) is 0. The van der Waals surface area contributed by atoms with Crippen molar-refractivity contribution < 1.29 is 5.11 Å². The summed E-state index contributed by atoms with van der Waals surface area (Å²) in [5.74, 6) is 0.176. The van der Waals surface area contributed by atoms with Crippen molar-refractivity contribution in [2.24, 2.45) is 0 Å². The maximum Gasteiger partial charge on any atom is 0.143 e. The first-order valence-electron chi connectivity index (χ1n) is 3.78. The standard InChI is InChI=1S/C9H7BrN2O/c1-5-7-2-6(10)3-8(13)9(7)12-4-11-5/h2-4,13H,1H3. The van der Waals surface area contributed by atoms with Gasteiger partial charge in [-0.05, 0) is 19.1 Å². The van der Waals surface area contributed by atoms with E-state index in [-0.39, 0.29) is 5.75 Å². The van der Waals surface area contributed by atoms with Gasteiger partial charge in [-0.15, -0.1) is 0 Å². The second-order valence-corrected chi connectivity index (χ2v) is 3.70. The Kier molecular flexibility index (Phi) is 1.92. The van der Waals surface area contributed by atoms with Crippen LogP contribution >= 0.6 is 15.9 Å². The van der Waals surface area contributed by atoms with Crippen LogP contribution in [0.2, 0.25) is 0 Å². The van der Waals surface area contributed by atoms with Crippen LogP contribution in [0.1, 0.15) is 5.69 Å². The van der Waals surface area contributed by atoms with E-state index in [0.717, 1.165) is 15.6 Å². The number of rotatable bonds is 0. The van der Waals surface area contributed by atoms with Crippen molar-refractivity contribution in [1.82, 2.24) is 9.97 Å². The highest BCUT2D eigenvalue weighted by atomic mass is 79.9. The third kappa shape index (κ3) is 1.37. The maximum absolute atomic E-state index is 9.56. The largest absolute Gasteiger partial charge is 0.506 e. The Morgan fingerprint density at radius 2 is 2.08 bits per heavy atom. The molecule has 0 aliphatic heterocycles. The van der Waals surface area contributed by atoms with Crippen molar-refractivity contribution in [3.63, 3.8) is 0 Å². The molecule has 0 unspecified atom stereocenters. The minimum atomic E-state index is 0.176. The second-order valence-electron chi connectivity index (χ2n) is 2.78. The third-order valence-electron chi connectivity index (χ3n) is 1.88. The minimum absolute atomic E-state index is 0.176. The molecule has 0 aliphatic rings. The Labute approximate surface area is 83.6 Å². The Hall–Kier alpha value is -1.16. The molecular formula is C9H7BrN2O. The molecule has 0 fully saturated rings. The first-order valence-corrected chi connectivity index (χ1v) is 4.57. The van der Waals surface area contributed by atoms with E-state index in [1.807, 2.05) is 13.0 Å². The average molecular weight is 239 g/mol. The number of aryl methyl sites for hydroxylation is 1. The average Bonchev–Trinajstić information content (AvgIpc) is 2.07. The van der Waals surface area contributed by atoms with Gasteiger partial charge in [0, 0.05) is 15.6 Å². The Bertz CT molecular complexity index is 470. The van der Waals surface area contributed by atoms with Crippen LogP contribution in [0.4, 0.5) is 0 Å². The molecule has 1 aromatic heterocycles. The third-order valence-corrected chi connectivity index (χ3v) is 2.34. The predicted octanol–water partition coefficient (Wildman–Crippen LogP) is 2.41. The lowest BCUT2D eigenvalue weighted by atomic mass is 10.2. The topological polar surface area (TPSA) is 46.0 Å². The Morgan fingerprint density at radius 1 is 1.31 bits per heavy atom. The summed E-state index contributed by atoms with van der Waals surface area (Å²) in [4.78, 5) is 8.05. The summed E-state index contributed by atoms with van der Waals surface area (Å²) in [5, 5.41) is 10.4. The molecule has 0 bridgehead atoms. The zero-order valence-corrected chi connectivity index (χ0v) is 8.54. The lowest BCUT2D eigenvalue weighted by molar-refractivity contribution is 0.480. The van der Waals surface area contributed by atoms with Gasteiger partial charge in [-0.2, -0.15) is 0 Å². The normalized spacial score (nSPS) is 10.6. The van der Waals surface area contributed by atoms with E-state index in [0.29, 0.717) is 5.52 Å². The van der Waals surface area contributed by atoms with Crippen LogP contribution in [0.25, 0.3) is 10.9 Å². The highest BCUT2D eigenvalue weighted by molar-refractivity contribution is 9.10. The van der Waals surface area contributed by atoms with E-state index in [2.05, 4.69) is 25.9 Å². The smallest absolute Gasteiger partial charge is 0.143 e. The van der Waals surface area contributed by atoms with Gasteiger partial charge < -0.3 is 5.11 Å². The molecular weight excluding hydrogens is 232 g/mol. The van der Waals surface area contributed by atoms with Crippen molar-refractivity contribution in [2.45, 2.75) is 6.92 Å². The molecule has 0 saturated heterocycles. The van der Waals surface area contributed by atoms with Gasteiger partial charge in [-0.1, -0.05) is 15.9 Å². The first kappa shape index (κ1) is 8.44. The van der Waals surface area contributed by atoms with Crippen molar-refractivity contribution in [1.29, 1.82) is 0 Å². The number of phenolic OH excluding ortho intramolecular Hbond substituents is 1. The van der Waals surface area contributed by atoms with Crippen molar-refractivity contribution in [2.75, 3.05) is 0 Å². The van der Waals surface area contributed by atoms with Crippen molar-refractivity contribution >= 4 is 26.8 Å². The number of nitrogens with zero attached hydrogens (tertiary/aromatic N) is 2. The van der Waals surface area contributed by atoms with E-state index in [1.54, 1.807) is 6.07 Å². The minimum Gasteiger partial charge on any atom is -0.506 e. The Morgan fingerprint density at radius 3 is 2.85 bits per heavy atom. The van der Waals surface area contributed by atoms with Gasteiger partial charge in [-0.25, -0.2) is 9.97 Å². The van der Waals surface area contributed by atoms with Crippen LogP contribution in [0, 0.1) is 6.92 Å². The number of hydrogen-bond acceptors (Lipinski definition) is 3. The maximum atomic E-state index is 9.56. The Balaban J connectivity index is 2.94. The van der Waals surface area contributed by atoms with Gasteiger partial charge >= 0.3 is 0 Å². The van der Waals surface area contributed by atoms with E-state index in [1.165, 1.54) is 6.33 Å². The zero-order chi connectivity index (χ0) is 9.42. The van der Waals surface area contributed by atoms with Crippen LogP contribution in [-0.4, -0.2) is 15.1 Å². The molecule has 3 nitrogen and oxygen atoms in total. The summed E-state index contributed by atoms with van der Waals surface area (Å²) < 4.78 is 0.829. The van der Waals surface area contributed by atoms with Crippen LogP contribution in [-0.2, 0) is 0 Å². The molecule has 13 heavy (non-hydrogen) atoms. The summed E-state index contributed by atoms with van der Waals surface area (Å²) in [5.41, 5.74) is 1.46.